The molecule has 0 radical (unpaired) electrons. The summed E-state index contributed by atoms with van der Waals surface area (Å²) in [6.07, 6.45) is 1.45. The second kappa shape index (κ2) is 9.12. The molecule has 0 fully saturated rings. The molecule has 0 atom stereocenters. The van der Waals surface area contributed by atoms with Crippen LogP contribution in [0.5, 0.6) is 11.5 Å². The van der Waals surface area contributed by atoms with Crippen molar-refractivity contribution < 1.29 is 14.3 Å². The number of methoxy groups -OCH3 is 2. The average molecular weight is 503 g/mol. The lowest BCUT2D eigenvalue weighted by Gasteiger charge is -2.11. The predicted octanol–water partition coefficient (Wildman–Crippen LogP) is 5.16. The first kappa shape index (κ1) is 20.4. The summed E-state index contributed by atoms with van der Waals surface area (Å²) in [6, 6.07) is 10.2. The average Bonchev–Trinajstić information content (AvgIpc) is 2.62. The van der Waals surface area contributed by atoms with Crippen LogP contribution >= 0.6 is 45.8 Å². The van der Waals surface area contributed by atoms with Crippen molar-refractivity contribution in [2.75, 3.05) is 19.5 Å². The Hall–Kier alpha value is -1.95. The Morgan fingerprint density at radius 1 is 1.23 bits per heavy atom. The second-order valence-electron chi connectivity index (χ2n) is 4.96. The first-order valence-corrected chi connectivity index (χ1v) is 9.03. The number of hydrogen-bond donors (Lipinski definition) is 1. The van der Waals surface area contributed by atoms with E-state index < -0.39 is 5.91 Å². The van der Waals surface area contributed by atoms with Crippen LogP contribution in [0.15, 0.2) is 35.9 Å². The fourth-order valence-electron chi connectivity index (χ4n) is 2.13. The van der Waals surface area contributed by atoms with Gasteiger partial charge in [0.15, 0.2) is 11.5 Å². The molecule has 0 aliphatic carbocycles. The van der Waals surface area contributed by atoms with Crippen molar-refractivity contribution in [1.29, 1.82) is 5.26 Å². The molecule has 0 aromatic heterocycles. The maximum absolute atomic E-state index is 12.4. The van der Waals surface area contributed by atoms with E-state index in [4.69, 9.17) is 32.7 Å². The molecule has 134 valence electrons. The summed E-state index contributed by atoms with van der Waals surface area (Å²) >= 11 is 14.2. The van der Waals surface area contributed by atoms with Gasteiger partial charge in [0, 0.05) is 0 Å². The van der Waals surface area contributed by atoms with E-state index in [1.807, 2.05) is 6.07 Å². The van der Waals surface area contributed by atoms with Gasteiger partial charge in [0.2, 0.25) is 0 Å². The molecule has 8 heteroatoms. The van der Waals surface area contributed by atoms with Crippen molar-refractivity contribution in [1.82, 2.24) is 0 Å². The van der Waals surface area contributed by atoms with Crippen molar-refractivity contribution in [3.8, 4) is 17.6 Å². The highest BCUT2D eigenvalue weighted by atomic mass is 127. The van der Waals surface area contributed by atoms with Gasteiger partial charge >= 0.3 is 0 Å². The molecule has 2 aromatic rings. The largest absolute Gasteiger partial charge is 0.493 e. The molecule has 1 N–H and O–H groups in total. The van der Waals surface area contributed by atoms with E-state index in [9.17, 15) is 10.1 Å². The predicted molar refractivity (Wildman–Crippen MR) is 111 cm³/mol. The minimum absolute atomic E-state index is 0.107. The lowest BCUT2D eigenvalue weighted by atomic mass is 10.1. The third kappa shape index (κ3) is 4.61. The highest BCUT2D eigenvalue weighted by Crippen LogP contribution is 2.34. The van der Waals surface area contributed by atoms with Gasteiger partial charge in [0.05, 0.1) is 33.5 Å². The van der Waals surface area contributed by atoms with E-state index in [0.717, 1.165) is 3.57 Å². The number of benzene rings is 2. The molecule has 0 aliphatic rings. The zero-order valence-corrected chi connectivity index (χ0v) is 17.4. The Morgan fingerprint density at radius 3 is 2.42 bits per heavy atom. The number of nitriles is 1. The zero-order valence-electron chi connectivity index (χ0n) is 13.8. The Balaban J connectivity index is 2.38. The van der Waals surface area contributed by atoms with Gasteiger partial charge in [0.25, 0.3) is 5.91 Å². The molecule has 2 rings (SSSR count). The van der Waals surface area contributed by atoms with Crippen LogP contribution in [0.4, 0.5) is 5.69 Å². The number of nitrogens with one attached hydrogen (secondary N) is 1. The monoisotopic (exact) mass is 502 g/mol. The van der Waals surface area contributed by atoms with Crippen LogP contribution in [0.25, 0.3) is 6.08 Å². The van der Waals surface area contributed by atoms with Crippen LogP contribution in [0.3, 0.4) is 0 Å². The summed E-state index contributed by atoms with van der Waals surface area (Å²) in [5.74, 6) is 0.459. The molecule has 5 nitrogen and oxygen atoms in total. The molecule has 2 aromatic carbocycles. The molecule has 0 saturated heterocycles. The van der Waals surface area contributed by atoms with Crippen molar-refractivity contribution in [2.45, 2.75) is 0 Å². The number of para-hydroxylation sites is 1. The van der Waals surface area contributed by atoms with E-state index in [-0.39, 0.29) is 21.3 Å². The first-order valence-electron chi connectivity index (χ1n) is 7.20. The molecular formula is C18H13Cl2IN2O3. The van der Waals surface area contributed by atoms with Gasteiger partial charge < -0.3 is 14.8 Å². The number of ether oxygens (including phenoxy) is 2. The van der Waals surface area contributed by atoms with Crippen LogP contribution in [-0.4, -0.2) is 20.1 Å². The van der Waals surface area contributed by atoms with Gasteiger partial charge in [0.1, 0.15) is 11.6 Å². The topological polar surface area (TPSA) is 71.3 Å². The van der Waals surface area contributed by atoms with Crippen molar-refractivity contribution in [2.24, 2.45) is 0 Å². The fraction of sp³-hybridized carbons (Fsp3) is 0.111. The number of carbonyl (C=O) groups excluding carboxylic acids is 1. The minimum Gasteiger partial charge on any atom is -0.493 e. The zero-order chi connectivity index (χ0) is 19.3. The molecule has 0 bridgehead atoms. The van der Waals surface area contributed by atoms with E-state index in [0.29, 0.717) is 17.1 Å². The van der Waals surface area contributed by atoms with Crippen LogP contribution in [0, 0.1) is 14.9 Å². The molecule has 0 aliphatic heterocycles. The van der Waals surface area contributed by atoms with Crippen LogP contribution in [0.1, 0.15) is 5.56 Å². The van der Waals surface area contributed by atoms with Crippen molar-refractivity contribution in [3.63, 3.8) is 0 Å². The summed E-state index contributed by atoms with van der Waals surface area (Å²) in [7, 11) is 3.05. The van der Waals surface area contributed by atoms with Gasteiger partial charge in [-0.1, -0.05) is 29.3 Å². The summed E-state index contributed by atoms with van der Waals surface area (Å²) in [6.45, 7) is 0. The van der Waals surface area contributed by atoms with E-state index in [2.05, 4.69) is 27.9 Å². The van der Waals surface area contributed by atoms with Crippen molar-refractivity contribution >= 4 is 63.5 Å². The van der Waals surface area contributed by atoms with Gasteiger partial charge in [-0.15, -0.1) is 0 Å². The highest BCUT2D eigenvalue weighted by molar-refractivity contribution is 14.1. The normalized spacial score (nSPS) is 10.8. The van der Waals surface area contributed by atoms with Crippen LogP contribution in [-0.2, 0) is 4.79 Å². The number of anilines is 1. The number of halogens is 3. The Bertz CT molecular complexity index is 903. The quantitative estimate of drug-likeness (QED) is 0.348. The molecule has 1 amide bonds. The Morgan fingerprint density at radius 2 is 1.88 bits per heavy atom. The lowest BCUT2D eigenvalue weighted by molar-refractivity contribution is -0.112. The molecular weight excluding hydrogens is 490 g/mol. The number of carbonyl (C=O) groups is 1. The molecule has 0 saturated carbocycles. The number of rotatable bonds is 5. The molecule has 0 spiro atoms. The molecule has 26 heavy (non-hydrogen) atoms. The maximum atomic E-state index is 12.4. The van der Waals surface area contributed by atoms with E-state index >= 15 is 0 Å². The molecule has 0 unspecified atom stereocenters. The standard InChI is InChI=1S/C18H13Cl2IN2O3/c1-25-15-8-10(7-14(21)17(15)26-2)6-11(9-22)18(24)23-16-12(19)4-3-5-13(16)20/h3-8H,1-2H3,(H,23,24)/b11-6+. The third-order valence-corrected chi connectivity index (χ3v) is 4.76. The minimum atomic E-state index is -0.618. The highest BCUT2D eigenvalue weighted by Gasteiger charge is 2.15. The third-order valence-electron chi connectivity index (χ3n) is 3.33. The second-order valence-corrected chi connectivity index (χ2v) is 6.94. The number of hydrogen-bond acceptors (Lipinski definition) is 4. The van der Waals surface area contributed by atoms with Gasteiger partial charge in [-0.2, -0.15) is 5.26 Å². The van der Waals surface area contributed by atoms with Gasteiger partial charge in [-0.3, -0.25) is 4.79 Å². The summed E-state index contributed by atoms with van der Waals surface area (Å²) in [5.41, 5.74) is 0.761. The fourth-order valence-corrected chi connectivity index (χ4v) is 3.47. The summed E-state index contributed by atoms with van der Waals surface area (Å²) in [4.78, 5) is 12.4. The lowest BCUT2D eigenvalue weighted by Crippen LogP contribution is -2.14. The van der Waals surface area contributed by atoms with E-state index in [1.165, 1.54) is 20.3 Å². The van der Waals surface area contributed by atoms with Crippen LogP contribution < -0.4 is 14.8 Å². The van der Waals surface area contributed by atoms with Gasteiger partial charge in [-0.05, 0) is 58.5 Å². The SMILES string of the molecule is COc1cc(/C=C(\C#N)C(=O)Nc2c(Cl)cccc2Cl)cc(I)c1OC. The number of amides is 1. The molecule has 0 heterocycles. The number of nitrogens with zero attached hydrogens (tertiary/aromatic N) is 1. The summed E-state index contributed by atoms with van der Waals surface area (Å²) in [5, 5.41) is 12.5. The van der Waals surface area contributed by atoms with E-state index in [1.54, 1.807) is 30.3 Å². The first-order chi connectivity index (χ1) is 12.4. The Kier molecular flexibility index (Phi) is 7.14. The Labute approximate surface area is 174 Å². The summed E-state index contributed by atoms with van der Waals surface area (Å²) < 4.78 is 11.3. The van der Waals surface area contributed by atoms with Crippen molar-refractivity contribution in [3.05, 3.63) is 55.1 Å². The van der Waals surface area contributed by atoms with Crippen LogP contribution in [0.2, 0.25) is 10.0 Å². The smallest absolute Gasteiger partial charge is 0.266 e. The maximum Gasteiger partial charge on any atom is 0.266 e. The van der Waals surface area contributed by atoms with Gasteiger partial charge in [-0.25, -0.2) is 0 Å².